The molecule has 0 saturated heterocycles. The van der Waals surface area contributed by atoms with Gasteiger partial charge in [0.25, 0.3) is 11.8 Å². The number of rotatable bonds is 5. The minimum Gasteiger partial charge on any atom is -0.347 e. The number of pyridine rings is 1. The molecule has 0 radical (unpaired) electrons. The molecule has 148 valence electrons. The minimum atomic E-state index is -0.302. The number of fused-ring (bicyclic) bond motifs is 1. The molecule has 2 aromatic heterocycles. The molecule has 0 aliphatic carbocycles. The van der Waals surface area contributed by atoms with Crippen LogP contribution < -0.4 is 10.6 Å². The van der Waals surface area contributed by atoms with Crippen LogP contribution in [0.3, 0.4) is 0 Å². The van der Waals surface area contributed by atoms with E-state index in [9.17, 15) is 9.59 Å². The molecule has 0 unspecified atom stereocenters. The molecule has 1 aliphatic rings. The van der Waals surface area contributed by atoms with Gasteiger partial charge in [-0.25, -0.2) is 4.98 Å². The van der Waals surface area contributed by atoms with Gasteiger partial charge in [0, 0.05) is 31.2 Å². The predicted molar refractivity (Wildman–Crippen MR) is 110 cm³/mol. The first kappa shape index (κ1) is 18.9. The molecule has 0 atom stereocenters. The zero-order chi connectivity index (χ0) is 20.2. The molecular formula is C22H23N5O2. The summed E-state index contributed by atoms with van der Waals surface area (Å²) in [4.78, 5) is 34.1. The highest BCUT2D eigenvalue weighted by molar-refractivity contribution is 6.03. The average Bonchev–Trinajstić information content (AvgIpc) is 3.14. The summed E-state index contributed by atoms with van der Waals surface area (Å²) in [6.45, 7) is 3.05. The van der Waals surface area contributed by atoms with Crippen molar-refractivity contribution >= 4 is 17.5 Å². The number of aromatic nitrogens is 3. The highest BCUT2D eigenvalue weighted by Gasteiger charge is 2.27. The Morgan fingerprint density at radius 3 is 2.69 bits per heavy atom. The fourth-order valence-corrected chi connectivity index (χ4v) is 3.49. The molecule has 3 heterocycles. The van der Waals surface area contributed by atoms with E-state index in [2.05, 4.69) is 20.6 Å². The lowest BCUT2D eigenvalue weighted by atomic mass is 10.1. The summed E-state index contributed by atoms with van der Waals surface area (Å²) < 4.78 is 1.88. The Bertz CT molecular complexity index is 1030. The Morgan fingerprint density at radius 2 is 1.93 bits per heavy atom. The van der Waals surface area contributed by atoms with Gasteiger partial charge in [0.2, 0.25) is 0 Å². The van der Waals surface area contributed by atoms with Crippen LogP contribution in [0.4, 0.5) is 5.69 Å². The number of nitrogens with one attached hydrogen (secondary N) is 2. The van der Waals surface area contributed by atoms with Crippen molar-refractivity contribution in [1.82, 2.24) is 19.9 Å². The van der Waals surface area contributed by atoms with Crippen LogP contribution in [0.1, 0.15) is 50.8 Å². The Hall–Kier alpha value is -3.48. The first-order valence-corrected chi connectivity index (χ1v) is 9.76. The first-order chi connectivity index (χ1) is 14.1. The lowest BCUT2D eigenvalue weighted by Crippen LogP contribution is -2.25. The SMILES string of the molecule is Cc1ccc(NC(=O)c2nc(C(=O)NCc3cccnc3)c3n2CCCC3)cc1. The van der Waals surface area contributed by atoms with Gasteiger partial charge in [0.1, 0.15) is 5.69 Å². The summed E-state index contributed by atoms with van der Waals surface area (Å²) in [5, 5.41) is 5.77. The van der Waals surface area contributed by atoms with Crippen LogP contribution in [0.25, 0.3) is 0 Å². The number of nitrogens with zero attached hydrogens (tertiary/aromatic N) is 3. The summed E-state index contributed by atoms with van der Waals surface area (Å²) in [7, 11) is 0. The molecule has 0 saturated carbocycles. The molecule has 1 aromatic carbocycles. The Morgan fingerprint density at radius 1 is 1.10 bits per heavy atom. The zero-order valence-electron chi connectivity index (χ0n) is 16.3. The fraction of sp³-hybridized carbons (Fsp3) is 0.273. The summed E-state index contributed by atoms with van der Waals surface area (Å²) in [5.74, 6) is -0.288. The Balaban J connectivity index is 1.55. The number of benzene rings is 1. The standard InChI is InChI=1S/C22H23N5O2/c1-15-7-9-17(10-8-15)25-22(29)20-26-19(18-6-2-3-12-27(18)20)21(28)24-14-16-5-4-11-23-13-16/h4-5,7-11,13H,2-3,6,12,14H2,1H3,(H,24,28)(H,25,29). The number of carbonyl (C=O) groups excluding carboxylic acids is 2. The molecule has 0 bridgehead atoms. The van der Waals surface area contributed by atoms with E-state index in [1.807, 2.05) is 47.9 Å². The van der Waals surface area contributed by atoms with Gasteiger partial charge in [-0.1, -0.05) is 23.8 Å². The molecule has 4 rings (SSSR count). The maximum atomic E-state index is 12.9. The molecule has 2 amide bonds. The number of carbonyl (C=O) groups is 2. The second kappa shape index (κ2) is 8.26. The molecule has 0 fully saturated rings. The van der Waals surface area contributed by atoms with E-state index >= 15 is 0 Å². The molecule has 1 aliphatic heterocycles. The number of hydrogen-bond donors (Lipinski definition) is 2. The van der Waals surface area contributed by atoms with Crippen molar-refractivity contribution < 1.29 is 9.59 Å². The second-order valence-electron chi connectivity index (χ2n) is 7.20. The topological polar surface area (TPSA) is 88.9 Å². The van der Waals surface area contributed by atoms with Gasteiger partial charge in [-0.3, -0.25) is 14.6 Å². The highest BCUT2D eigenvalue weighted by atomic mass is 16.2. The number of imidazole rings is 1. The Kier molecular flexibility index (Phi) is 5.37. The summed E-state index contributed by atoms with van der Waals surface area (Å²) >= 11 is 0. The number of hydrogen-bond acceptors (Lipinski definition) is 4. The number of amides is 2. The van der Waals surface area contributed by atoms with Gasteiger partial charge in [0.15, 0.2) is 5.82 Å². The van der Waals surface area contributed by atoms with Gasteiger partial charge in [0.05, 0.1) is 5.69 Å². The van der Waals surface area contributed by atoms with Crippen LogP contribution in [-0.4, -0.2) is 26.3 Å². The lowest BCUT2D eigenvalue weighted by molar-refractivity contribution is 0.0945. The minimum absolute atomic E-state index is 0.270. The van der Waals surface area contributed by atoms with Gasteiger partial charge >= 0.3 is 0 Å². The quantitative estimate of drug-likeness (QED) is 0.702. The first-order valence-electron chi connectivity index (χ1n) is 9.76. The maximum absolute atomic E-state index is 12.9. The maximum Gasteiger partial charge on any atom is 0.291 e. The van der Waals surface area contributed by atoms with Crippen molar-refractivity contribution in [3.05, 3.63) is 77.1 Å². The van der Waals surface area contributed by atoms with Crippen molar-refractivity contribution in [2.45, 2.75) is 39.3 Å². The van der Waals surface area contributed by atoms with E-state index in [-0.39, 0.29) is 17.6 Å². The van der Waals surface area contributed by atoms with Gasteiger partial charge in [-0.15, -0.1) is 0 Å². The van der Waals surface area contributed by atoms with Crippen LogP contribution in [0.15, 0.2) is 48.8 Å². The van der Waals surface area contributed by atoms with E-state index in [4.69, 9.17) is 0 Å². The molecule has 7 heteroatoms. The lowest BCUT2D eigenvalue weighted by Gasteiger charge is -2.17. The third-order valence-electron chi connectivity index (χ3n) is 5.02. The van der Waals surface area contributed by atoms with Crippen molar-refractivity contribution in [3.8, 4) is 0 Å². The van der Waals surface area contributed by atoms with Crippen molar-refractivity contribution in [3.63, 3.8) is 0 Å². The summed E-state index contributed by atoms with van der Waals surface area (Å²) in [6.07, 6.45) is 6.08. The van der Waals surface area contributed by atoms with Crippen LogP contribution in [0, 0.1) is 6.92 Å². The van der Waals surface area contributed by atoms with Gasteiger partial charge in [-0.2, -0.15) is 0 Å². The smallest absolute Gasteiger partial charge is 0.291 e. The molecule has 29 heavy (non-hydrogen) atoms. The number of anilines is 1. The fourth-order valence-electron chi connectivity index (χ4n) is 3.49. The Labute approximate surface area is 169 Å². The van der Waals surface area contributed by atoms with E-state index in [1.54, 1.807) is 12.4 Å². The van der Waals surface area contributed by atoms with Gasteiger partial charge in [-0.05, 0) is 49.9 Å². The zero-order valence-corrected chi connectivity index (χ0v) is 16.3. The highest BCUT2D eigenvalue weighted by Crippen LogP contribution is 2.22. The molecule has 0 spiro atoms. The summed E-state index contributed by atoms with van der Waals surface area (Å²) in [5.41, 5.74) is 3.90. The third-order valence-corrected chi connectivity index (χ3v) is 5.02. The molecule has 2 N–H and O–H groups in total. The monoisotopic (exact) mass is 389 g/mol. The van der Waals surface area contributed by atoms with Crippen LogP contribution in [-0.2, 0) is 19.5 Å². The molecular weight excluding hydrogens is 366 g/mol. The van der Waals surface area contributed by atoms with E-state index < -0.39 is 0 Å². The normalized spacial score (nSPS) is 12.9. The van der Waals surface area contributed by atoms with E-state index in [0.29, 0.717) is 24.5 Å². The second-order valence-corrected chi connectivity index (χ2v) is 7.20. The molecule has 3 aromatic rings. The van der Waals surface area contributed by atoms with Crippen molar-refractivity contribution in [2.75, 3.05) is 5.32 Å². The largest absolute Gasteiger partial charge is 0.347 e. The van der Waals surface area contributed by atoms with Crippen LogP contribution in [0.5, 0.6) is 0 Å². The van der Waals surface area contributed by atoms with Crippen molar-refractivity contribution in [2.24, 2.45) is 0 Å². The third kappa shape index (κ3) is 4.18. The molecule has 7 nitrogen and oxygen atoms in total. The van der Waals surface area contributed by atoms with Crippen molar-refractivity contribution in [1.29, 1.82) is 0 Å². The van der Waals surface area contributed by atoms with Gasteiger partial charge < -0.3 is 15.2 Å². The number of aryl methyl sites for hydroxylation is 1. The predicted octanol–water partition coefficient (Wildman–Crippen LogP) is 3.11. The van der Waals surface area contributed by atoms with Crippen LogP contribution >= 0.6 is 0 Å². The average molecular weight is 389 g/mol. The summed E-state index contributed by atoms with van der Waals surface area (Å²) in [6, 6.07) is 11.3. The van der Waals surface area contributed by atoms with E-state index in [1.165, 1.54) is 0 Å². The van der Waals surface area contributed by atoms with E-state index in [0.717, 1.165) is 36.1 Å². The van der Waals surface area contributed by atoms with Crippen LogP contribution in [0.2, 0.25) is 0 Å².